The van der Waals surface area contributed by atoms with Gasteiger partial charge in [-0.25, -0.2) is 0 Å². The average molecular weight is 475 g/mol. The minimum absolute atomic E-state index is 0.180. The first kappa shape index (κ1) is 30.2. The third-order valence-corrected chi connectivity index (χ3v) is 4.89. The van der Waals surface area contributed by atoms with Crippen LogP contribution in [0.25, 0.3) is 0 Å². The Hall–Kier alpha value is -2.77. The topological polar surface area (TPSA) is 240 Å². The predicted molar refractivity (Wildman–Crippen MR) is 120 cm³/mol. The minimum atomic E-state index is -1.24. The molecule has 4 atom stereocenters. The molecule has 33 heavy (non-hydrogen) atoms. The zero-order valence-electron chi connectivity index (χ0n) is 19.0. The van der Waals surface area contributed by atoms with Gasteiger partial charge in [0, 0.05) is 6.42 Å². The van der Waals surface area contributed by atoms with Gasteiger partial charge in [0.05, 0.1) is 6.04 Å². The Morgan fingerprint density at radius 2 is 1.21 bits per heavy atom. The van der Waals surface area contributed by atoms with E-state index in [1.165, 1.54) is 6.92 Å². The van der Waals surface area contributed by atoms with Crippen LogP contribution in [0.4, 0.5) is 0 Å². The number of carboxylic acid groups (broad SMARTS) is 2. The summed E-state index contributed by atoms with van der Waals surface area (Å²) < 4.78 is 0. The van der Waals surface area contributed by atoms with Gasteiger partial charge in [-0.05, 0) is 58.5 Å². The van der Waals surface area contributed by atoms with Crippen LogP contribution in [0.3, 0.4) is 0 Å². The Morgan fingerprint density at radius 1 is 0.727 bits per heavy atom. The molecule has 0 spiro atoms. The zero-order chi connectivity index (χ0) is 25.4. The molecular weight excluding hydrogens is 436 g/mol. The SMILES string of the molecule is CC(NC(=O)C(CCCCN)NC(=O)C(CCC(=O)O)NC(=O)C(N)CCCCN)C(=O)O. The maximum atomic E-state index is 12.8. The van der Waals surface area contributed by atoms with Crippen molar-refractivity contribution in [3.05, 3.63) is 0 Å². The third-order valence-electron chi connectivity index (χ3n) is 4.89. The van der Waals surface area contributed by atoms with Crippen LogP contribution in [-0.2, 0) is 24.0 Å². The van der Waals surface area contributed by atoms with Crippen LogP contribution in [0.2, 0.25) is 0 Å². The average Bonchev–Trinajstić information content (AvgIpc) is 2.75. The van der Waals surface area contributed by atoms with E-state index < -0.39 is 60.2 Å². The summed E-state index contributed by atoms with van der Waals surface area (Å²) in [6.45, 7) is 2.10. The first-order chi connectivity index (χ1) is 15.5. The van der Waals surface area contributed by atoms with E-state index in [4.69, 9.17) is 27.4 Å². The molecule has 11 N–H and O–H groups in total. The van der Waals surface area contributed by atoms with Crippen LogP contribution in [-0.4, -0.2) is 77.1 Å². The number of carbonyl (C=O) groups is 5. The van der Waals surface area contributed by atoms with E-state index in [-0.39, 0.29) is 12.8 Å². The fourth-order valence-electron chi connectivity index (χ4n) is 2.86. The van der Waals surface area contributed by atoms with Gasteiger partial charge in [-0.2, -0.15) is 0 Å². The van der Waals surface area contributed by atoms with Crippen molar-refractivity contribution in [2.75, 3.05) is 13.1 Å². The standard InChI is InChI=1S/C20H38N6O7/c1-12(20(32)33)24-18(30)14(7-3-5-11-22)26-19(31)15(8-9-16(27)28)25-17(29)13(23)6-2-4-10-21/h12-15H,2-11,21-23H2,1H3,(H,24,30)(H,25,29)(H,26,31)(H,27,28)(H,32,33). The van der Waals surface area contributed by atoms with Crippen molar-refractivity contribution < 1.29 is 34.2 Å². The number of hydrogen-bond acceptors (Lipinski definition) is 8. The highest BCUT2D eigenvalue weighted by Gasteiger charge is 2.29. The first-order valence-electron chi connectivity index (χ1n) is 11.0. The summed E-state index contributed by atoms with van der Waals surface area (Å²) in [7, 11) is 0. The first-order valence-corrected chi connectivity index (χ1v) is 11.0. The molecule has 0 aromatic carbocycles. The van der Waals surface area contributed by atoms with Gasteiger partial charge >= 0.3 is 11.9 Å². The number of unbranched alkanes of at least 4 members (excludes halogenated alkanes) is 2. The van der Waals surface area contributed by atoms with Crippen molar-refractivity contribution in [3.8, 4) is 0 Å². The van der Waals surface area contributed by atoms with Gasteiger partial charge in [-0.1, -0.05) is 6.42 Å². The fourth-order valence-corrected chi connectivity index (χ4v) is 2.86. The van der Waals surface area contributed by atoms with Crippen LogP contribution < -0.4 is 33.2 Å². The summed E-state index contributed by atoms with van der Waals surface area (Å²) in [5.74, 6) is -4.51. The zero-order valence-corrected chi connectivity index (χ0v) is 19.0. The van der Waals surface area contributed by atoms with Gasteiger partial charge in [0.2, 0.25) is 17.7 Å². The molecule has 13 nitrogen and oxygen atoms in total. The Bertz CT molecular complexity index is 661. The van der Waals surface area contributed by atoms with Crippen LogP contribution in [0, 0.1) is 0 Å². The lowest BCUT2D eigenvalue weighted by molar-refractivity contribution is -0.141. The minimum Gasteiger partial charge on any atom is -0.481 e. The molecular formula is C20H38N6O7. The number of aliphatic carboxylic acids is 2. The molecule has 0 heterocycles. The summed E-state index contributed by atoms with van der Waals surface area (Å²) in [4.78, 5) is 59.8. The van der Waals surface area contributed by atoms with Crippen molar-refractivity contribution in [2.24, 2.45) is 17.2 Å². The summed E-state index contributed by atoms with van der Waals surface area (Å²) in [6.07, 6.45) is 2.25. The molecule has 0 rings (SSSR count). The lowest BCUT2D eigenvalue weighted by Crippen LogP contribution is -2.56. The summed E-state index contributed by atoms with van der Waals surface area (Å²) in [5, 5.41) is 25.2. The molecule has 3 amide bonds. The van der Waals surface area contributed by atoms with Gasteiger partial charge in [0.15, 0.2) is 0 Å². The van der Waals surface area contributed by atoms with E-state index in [0.29, 0.717) is 45.2 Å². The molecule has 0 saturated heterocycles. The maximum Gasteiger partial charge on any atom is 0.325 e. The number of nitrogens with one attached hydrogen (secondary N) is 3. The van der Waals surface area contributed by atoms with Crippen LogP contribution in [0.1, 0.15) is 58.3 Å². The molecule has 0 aliphatic carbocycles. The van der Waals surface area contributed by atoms with Gasteiger partial charge in [0.1, 0.15) is 18.1 Å². The summed E-state index contributed by atoms with van der Waals surface area (Å²) in [6, 6.07) is -4.42. The molecule has 0 aliphatic rings. The summed E-state index contributed by atoms with van der Waals surface area (Å²) in [5.41, 5.74) is 16.7. The van der Waals surface area contributed by atoms with Crippen LogP contribution in [0.15, 0.2) is 0 Å². The Labute approximate surface area is 193 Å². The lowest BCUT2D eigenvalue weighted by atomic mass is 10.0. The molecule has 0 aromatic rings. The molecule has 13 heteroatoms. The van der Waals surface area contributed by atoms with E-state index in [0.717, 1.165) is 0 Å². The van der Waals surface area contributed by atoms with Crippen LogP contribution in [0.5, 0.6) is 0 Å². The van der Waals surface area contributed by atoms with Crippen LogP contribution >= 0.6 is 0 Å². The van der Waals surface area contributed by atoms with Crippen molar-refractivity contribution >= 4 is 29.7 Å². The lowest BCUT2D eigenvalue weighted by Gasteiger charge is -2.24. The number of nitrogens with two attached hydrogens (primary N) is 3. The second-order valence-corrected chi connectivity index (χ2v) is 7.80. The van der Waals surface area contributed by atoms with Crippen molar-refractivity contribution in [1.82, 2.24) is 16.0 Å². The largest absolute Gasteiger partial charge is 0.481 e. The molecule has 190 valence electrons. The van der Waals surface area contributed by atoms with E-state index in [9.17, 15) is 24.0 Å². The van der Waals surface area contributed by atoms with Gasteiger partial charge < -0.3 is 43.4 Å². The number of rotatable bonds is 18. The normalized spacial score (nSPS) is 14.4. The van der Waals surface area contributed by atoms with Gasteiger partial charge in [-0.3, -0.25) is 24.0 Å². The van der Waals surface area contributed by atoms with Gasteiger partial charge in [0.25, 0.3) is 0 Å². The molecule has 0 saturated carbocycles. The predicted octanol–water partition coefficient (Wildman–Crippen LogP) is -2.00. The highest BCUT2D eigenvalue weighted by atomic mass is 16.4. The monoisotopic (exact) mass is 474 g/mol. The second-order valence-electron chi connectivity index (χ2n) is 7.80. The van der Waals surface area contributed by atoms with E-state index in [2.05, 4.69) is 16.0 Å². The molecule has 0 aliphatic heterocycles. The Kier molecular flexibility index (Phi) is 15.4. The fraction of sp³-hybridized carbons (Fsp3) is 0.750. The summed E-state index contributed by atoms with van der Waals surface area (Å²) >= 11 is 0. The van der Waals surface area contributed by atoms with Crippen molar-refractivity contribution in [2.45, 2.75) is 82.5 Å². The van der Waals surface area contributed by atoms with E-state index in [1.807, 2.05) is 0 Å². The highest BCUT2D eigenvalue weighted by Crippen LogP contribution is 2.06. The third kappa shape index (κ3) is 13.4. The Balaban J connectivity index is 5.33. The van der Waals surface area contributed by atoms with Gasteiger partial charge in [-0.15, -0.1) is 0 Å². The molecule has 0 fully saturated rings. The number of amides is 3. The highest BCUT2D eigenvalue weighted by molar-refractivity contribution is 5.94. The second kappa shape index (κ2) is 16.8. The van der Waals surface area contributed by atoms with E-state index in [1.54, 1.807) is 0 Å². The maximum absolute atomic E-state index is 12.8. The quantitative estimate of drug-likeness (QED) is 0.102. The number of carboxylic acids is 2. The Morgan fingerprint density at radius 3 is 1.73 bits per heavy atom. The van der Waals surface area contributed by atoms with Crippen molar-refractivity contribution in [1.29, 1.82) is 0 Å². The number of carbonyl (C=O) groups excluding carboxylic acids is 3. The molecule has 4 unspecified atom stereocenters. The molecule has 0 aromatic heterocycles. The smallest absolute Gasteiger partial charge is 0.325 e. The van der Waals surface area contributed by atoms with E-state index >= 15 is 0 Å². The molecule has 0 bridgehead atoms. The van der Waals surface area contributed by atoms with Crippen molar-refractivity contribution in [3.63, 3.8) is 0 Å². The number of hydrogen-bond donors (Lipinski definition) is 8. The molecule has 0 radical (unpaired) electrons.